The second-order valence-electron chi connectivity index (χ2n) is 4.94. The summed E-state index contributed by atoms with van der Waals surface area (Å²) in [4.78, 5) is 0. The predicted octanol–water partition coefficient (Wildman–Crippen LogP) is 3.65. The Hall–Kier alpha value is -0.600. The summed E-state index contributed by atoms with van der Waals surface area (Å²) in [5, 5.41) is 17.4. The van der Waals surface area contributed by atoms with Gasteiger partial charge in [0.25, 0.3) is 0 Å². The van der Waals surface area contributed by atoms with Crippen LogP contribution in [0, 0.1) is 23.7 Å². The zero-order chi connectivity index (χ0) is 14.6. The van der Waals surface area contributed by atoms with E-state index in [-0.39, 0.29) is 13.2 Å². The first-order chi connectivity index (χ1) is 8.51. The van der Waals surface area contributed by atoms with Crippen LogP contribution in [0.5, 0.6) is 0 Å². The summed E-state index contributed by atoms with van der Waals surface area (Å²) in [6.07, 6.45) is 5.98. The Morgan fingerprint density at radius 3 is 1.17 bits per heavy atom. The molecule has 0 radical (unpaired) electrons. The topological polar surface area (TPSA) is 40.5 Å². The van der Waals surface area contributed by atoms with Gasteiger partial charge in [0.1, 0.15) is 0 Å². The van der Waals surface area contributed by atoms with Crippen LogP contribution in [-0.2, 0) is 0 Å². The standard InChI is InChI=1S/2C8H16O/c2*1-4-8(5-2)7(3)6-9/h2*4,7-9H,1,5-6H2,2-3H3/t2*7-,8-/m10/s1. The quantitative estimate of drug-likeness (QED) is 0.651. The SMILES string of the molecule is C=C[C@@H](CC)[C@@H](C)CO.C=C[C@H](CC)[C@H](C)CO. The number of hydrogen-bond donors (Lipinski definition) is 2. The summed E-state index contributed by atoms with van der Waals surface area (Å²) >= 11 is 0. The van der Waals surface area contributed by atoms with Crippen LogP contribution in [0.15, 0.2) is 25.3 Å². The van der Waals surface area contributed by atoms with Gasteiger partial charge in [0.15, 0.2) is 0 Å². The molecule has 0 aromatic carbocycles. The Balaban J connectivity index is 0. The van der Waals surface area contributed by atoms with Crippen LogP contribution in [-0.4, -0.2) is 23.4 Å². The lowest BCUT2D eigenvalue weighted by molar-refractivity contribution is 0.204. The van der Waals surface area contributed by atoms with E-state index >= 15 is 0 Å². The molecule has 0 aromatic heterocycles. The van der Waals surface area contributed by atoms with Crippen molar-refractivity contribution in [2.75, 3.05) is 13.2 Å². The van der Waals surface area contributed by atoms with E-state index < -0.39 is 0 Å². The number of hydrogen-bond acceptors (Lipinski definition) is 2. The molecule has 0 aromatic rings. The first kappa shape index (κ1) is 19.7. The third-order valence-corrected chi connectivity index (χ3v) is 3.59. The first-order valence-electron chi connectivity index (χ1n) is 6.98. The van der Waals surface area contributed by atoms with Crippen molar-refractivity contribution >= 4 is 0 Å². The van der Waals surface area contributed by atoms with E-state index in [0.717, 1.165) is 12.8 Å². The minimum Gasteiger partial charge on any atom is -0.396 e. The summed E-state index contributed by atoms with van der Waals surface area (Å²) in [7, 11) is 0. The lowest BCUT2D eigenvalue weighted by Gasteiger charge is -2.15. The van der Waals surface area contributed by atoms with Crippen LogP contribution in [0.1, 0.15) is 40.5 Å². The summed E-state index contributed by atoms with van der Waals surface area (Å²) in [6.45, 7) is 16.2. The van der Waals surface area contributed by atoms with Crippen molar-refractivity contribution in [2.45, 2.75) is 40.5 Å². The van der Waals surface area contributed by atoms with Crippen molar-refractivity contribution in [3.63, 3.8) is 0 Å². The molecule has 0 heterocycles. The van der Waals surface area contributed by atoms with Crippen LogP contribution >= 0.6 is 0 Å². The molecule has 0 bridgehead atoms. The fraction of sp³-hybridized carbons (Fsp3) is 0.750. The highest BCUT2D eigenvalue weighted by atomic mass is 16.3. The Kier molecular flexibility index (Phi) is 14.1. The van der Waals surface area contributed by atoms with Crippen LogP contribution < -0.4 is 0 Å². The molecule has 4 atom stereocenters. The monoisotopic (exact) mass is 256 g/mol. The van der Waals surface area contributed by atoms with E-state index in [4.69, 9.17) is 10.2 Å². The molecular weight excluding hydrogens is 224 g/mol. The molecule has 2 nitrogen and oxygen atoms in total. The minimum absolute atomic E-state index is 0.268. The number of aliphatic hydroxyl groups excluding tert-OH is 2. The molecule has 0 saturated heterocycles. The molecule has 0 aliphatic heterocycles. The first-order valence-corrected chi connectivity index (χ1v) is 6.98. The average molecular weight is 256 g/mol. The molecule has 0 spiro atoms. The normalized spacial score (nSPS) is 16.8. The van der Waals surface area contributed by atoms with Crippen molar-refractivity contribution in [1.82, 2.24) is 0 Å². The number of allylic oxidation sites excluding steroid dienone is 2. The largest absolute Gasteiger partial charge is 0.396 e. The second kappa shape index (κ2) is 12.8. The number of aliphatic hydroxyl groups is 2. The molecule has 2 N–H and O–H groups in total. The summed E-state index contributed by atoms with van der Waals surface area (Å²) in [6, 6.07) is 0. The van der Waals surface area contributed by atoms with Gasteiger partial charge in [0.2, 0.25) is 0 Å². The van der Waals surface area contributed by atoms with Gasteiger partial charge in [-0.15, -0.1) is 13.2 Å². The molecule has 2 heteroatoms. The van der Waals surface area contributed by atoms with Crippen molar-refractivity contribution < 1.29 is 10.2 Å². The fourth-order valence-corrected chi connectivity index (χ4v) is 1.87. The molecule has 0 saturated carbocycles. The van der Waals surface area contributed by atoms with Crippen LogP contribution in [0.2, 0.25) is 0 Å². The van der Waals surface area contributed by atoms with E-state index in [1.165, 1.54) is 0 Å². The van der Waals surface area contributed by atoms with Gasteiger partial charge in [-0.3, -0.25) is 0 Å². The van der Waals surface area contributed by atoms with Gasteiger partial charge < -0.3 is 10.2 Å². The molecule has 0 amide bonds. The van der Waals surface area contributed by atoms with Gasteiger partial charge in [0, 0.05) is 13.2 Å². The highest BCUT2D eigenvalue weighted by molar-refractivity contribution is 4.81. The van der Waals surface area contributed by atoms with Gasteiger partial charge in [-0.25, -0.2) is 0 Å². The highest BCUT2D eigenvalue weighted by Gasteiger charge is 2.09. The van der Waals surface area contributed by atoms with Gasteiger partial charge in [0.05, 0.1) is 0 Å². The zero-order valence-electron chi connectivity index (χ0n) is 12.6. The smallest absolute Gasteiger partial charge is 0.0462 e. The number of rotatable bonds is 8. The van der Waals surface area contributed by atoms with E-state index in [1.54, 1.807) is 0 Å². The van der Waals surface area contributed by atoms with Crippen molar-refractivity contribution in [3.05, 3.63) is 25.3 Å². The van der Waals surface area contributed by atoms with Crippen LogP contribution in [0.3, 0.4) is 0 Å². The van der Waals surface area contributed by atoms with Gasteiger partial charge in [-0.2, -0.15) is 0 Å². The van der Waals surface area contributed by atoms with E-state index in [9.17, 15) is 0 Å². The molecule has 108 valence electrons. The Labute approximate surface area is 113 Å². The average Bonchev–Trinajstić information content (AvgIpc) is 2.41. The second-order valence-corrected chi connectivity index (χ2v) is 4.94. The summed E-state index contributed by atoms with van der Waals surface area (Å²) < 4.78 is 0. The zero-order valence-corrected chi connectivity index (χ0v) is 12.6. The molecule has 0 unspecified atom stereocenters. The molecule has 18 heavy (non-hydrogen) atoms. The minimum atomic E-state index is 0.268. The van der Waals surface area contributed by atoms with E-state index in [0.29, 0.717) is 23.7 Å². The Morgan fingerprint density at radius 1 is 0.833 bits per heavy atom. The molecule has 0 fully saturated rings. The molecule has 0 aliphatic carbocycles. The van der Waals surface area contributed by atoms with Crippen molar-refractivity contribution in [2.24, 2.45) is 23.7 Å². The van der Waals surface area contributed by atoms with E-state index in [2.05, 4.69) is 27.0 Å². The maximum atomic E-state index is 8.72. The fourth-order valence-electron chi connectivity index (χ4n) is 1.87. The third-order valence-electron chi connectivity index (χ3n) is 3.59. The molecule has 0 aliphatic rings. The van der Waals surface area contributed by atoms with Crippen LogP contribution in [0.4, 0.5) is 0 Å². The van der Waals surface area contributed by atoms with E-state index in [1.807, 2.05) is 26.0 Å². The van der Waals surface area contributed by atoms with Crippen molar-refractivity contribution in [3.8, 4) is 0 Å². The lowest BCUT2D eigenvalue weighted by atomic mass is 9.93. The lowest BCUT2D eigenvalue weighted by Crippen LogP contribution is -2.11. The van der Waals surface area contributed by atoms with Gasteiger partial charge in [-0.05, 0) is 36.5 Å². The highest BCUT2D eigenvalue weighted by Crippen LogP contribution is 2.15. The predicted molar refractivity (Wildman–Crippen MR) is 80.5 cm³/mol. The van der Waals surface area contributed by atoms with Crippen molar-refractivity contribution in [1.29, 1.82) is 0 Å². The molecule has 0 rings (SSSR count). The van der Waals surface area contributed by atoms with Gasteiger partial charge in [-0.1, -0.05) is 39.8 Å². The maximum absolute atomic E-state index is 8.72. The molecular formula is C16H32O2. The Morgan fingerprint density at radius 2 is 1.11 bits per heavy atom. The third kappa shape index (κ3) is 8.48. The maximum Gasteiger partial charge on any atom is 0.0462 e. The Bertz CT molecular complexity index is 179. The summed E-state index contributed by atoms with van der Waals surface area (Å²) in [5.41, 5.74) is 0. The van der Waals surface area contributed by atoms with Gasteiger partial charge >= 0.3 is 0 Å². The van der Waals surface area contributed by atoms with Crippen LogP contribution in [0.25, 0.3) is 0 Å². The summed E-state index contributed by atoms with van der Waals surface area (Å²) in [5.74, 6) is 1.70.